The molecule has 0 saturated heterocycles. The van der Waals surface area contributed by atoms with Crippen LogP contribution in [0.2, 0.25) is 0 Å². The van der Waals surface area contributed by atoms with Crippen LogP contribution in [0.5, 0.6) is 0 Å². The Hall–Kier alpha value is -1.34. The fraction of sp³-hybridized carbons (Fsp3) is 0.500. The number of carboxylic acids is 1. The number of carbonyl (C=O) groups is 1. The summed E-state index contributed by atoms with van der Waals surface area (Å²) in [4.78, 5) is 32.2. The number of hydrogen-bond acceptors (Lipinski definition) is 6. The fourth-order valence-electron chi connectivity index (χ4n) is 2.60. The molecule has 2 aromatic rings. The lowest BCUT2D eigenvalue weighted by Gasteiger charge is -2.17. The van der Waals surface area contributed by atoms with E-state index >= 15 is 0 Å². The predicted octanol–water partition coefficient (Wildman–Crippen LogP) is 1.34. The van der Waals surface area contributed by atoms with Crippen molar-refractivity contribution in [3.63, 3.8) is 0 Å². The lowest BCUT2D eigenvalue weighted by Crippen LogP contribution is -2.31. The molecule has 2 atom stereocenters. The van der Waals surface area contributed by atoms with Crippen LogP contribution in [0.4, 0.5) is 0 Å². The van der Waals surface area contributed by atoms with Crippen molar-refractivity contribution in [1.29, 1.82) is 0 Å². The third kappa shape index (κ3) is 2.72. The Morgan fingerprint density at radius 2 is 2.33 bits per heavy atom. The molecule has 0 aromatic carbocycles. The number of H-pyrrole nitrogens is 1. The van der Waals surface area contributed by atoms with E-state index in [0.717, 1.165) is 36.6 Å². The number of thiophene rings is 1. The summed E-state index contributed by atoms with van der Waals surface area (Å²) in [6.45, 7) is 3.74. The van der Waals surface area contributed by atoms with Crippen molar-refractivity contribution in [3.8, 4) is 0 Å². The molecular weight excluding hydrogens is 308 g/mol. The molecule has 0 fully saturated rings. The molecule has 0 spiro atoms. The zero-order chi connectivity index (χ0) is 15.1. The number of carbonyl (C=O) groups excluding carboxylic acids is 1. The van der Waals surface area contributed by atoms with Gasteiger partial charge < -0.3 is 14.9 Å². The summed E-state index contributed by atoms with van der Waals surface area (Å²) in [6, 6.07) is 0. The Morgan fingerprint density at radius 3 is 3.05 bits per heavy atom. The molecular formula is C14H15N2O3S2-. The summed E-state index contributed by atoms with van der Waals surface area (Å²) in [6.07, 6.45) is 3.01. The number of hydrogen-bond donors (Lipinski definition) is 1. The van der Waals surface area contributed by atoms with Gasteiger partial charge in [-0.15, -0.1) is 11.3 Å². The van der Waals surface area contributed by atoms with Crippen molar-refractivity contribution in [2.75, 3.05) is 0 Å². The SMILES string of the molecule is C[C@H]1CCc2c(sc3nc(S[C@@H](C)C(=O)[O-])[nH]c(=O)c23)C1. The number of fused-ring (bicyclic) bond motifs is 3. The molecule has 112 valence electrons. The molecule has 1 aliphatic carbocycles. The van der Waals surface area contributed by atoms with Crippen LogP contribution in [0.15, 0.2) is 9.95 Å². The summed E-state index contributed by atoms with van der Waals surface area (Å²) < 4.78 is 0. The molecule has 0 radical (unpaired) electrons. The van der Waals surface area contributed by atoms with E-state index in [9.17, 15) is 14.7 Å². The first-order valence-electron chi connectivity index (χ1n) is 6.87. The van der Waals surface area contributed by atoms with Crippen molar-refractivity contribution in [2.45, 2.75) is 43.5 Å². The monoisotopic (exact) mass is 323 g/mol. The van der Waals surface area contributed by atoms with Gasteiger partial charge in [-0.05, 0) is 37.7 Å². The van der Waals surface area contributed by atoms with Gasteiger partial charge in [0, 0.05) is 10.1 Å². The van der Waals surface area contributed by atoms with Gasteiger partial charge in [-0.3, -0.25) is 4.79 Å². The van der Waals surface area contributed by atoms with Gasteiger partial charge in [-0.1, -0.05) is 18.7 Å². The topological polar surface area (TPSA) is 85.9 Å². The van der Waals surface area contributed by atoms with Crippen LogP contribution in [-0.2, 0) is 17.6 Å². The van der Waals surface area contributed by atoms with Gasteiger partial charge in [-0.25, -0.2) is 4.98 Å². The lowest BCUT2D eigenvalue weighted by molar-refractivity contribution is -0.304. The second kappa shape index (κ2) is 5.46. The maximum absolute atomic E-state index is 12.3. The minimum absolute atomic E-state index is 0.167. The number of thioether (sulfide) groups is 1. The molecule has 0 bridgehead atoms. The highest BCUT2D eigenvalue weighted by Crippen LogP contribution is 2.36. The first kappa shape index (κ1) is 14.6. The molecule has 1 aliphatic rings. The second-order valence-corrected chi connectivity index (χ2v) is 7.90. The average Bonchev–Trinajstić information content (AvgIpc) is 2.75. The van der Waals surface area contributed by atoms with Crippen molar-refractivity contribution in [2.24, 2.45) is 5.92 Å². The molecule has 7 heteroatoms. The van der Waals surface area contributed by atoms with E-state index in [1.54, 1.807) is 11.3 Å². The first-order valence-corrected chi connectivity index (χ1v) is 8.57. The van der Waals surface area contributed by atoms with Crippen molar-refractivity contribution in [3.05, 3.63) is 20.8 Å². The summed E-state index contributed by atoms with van der Waals surface area (Å²) in [5, 5.41) is 11.1. The molecule has 0 amide bonds. The Kier molecular flexibility index (Phi) is 3.79. The van der Waals surface area contributed by atoms with Crippen molar-refractivity contribution >= 4 is 39.3 Å². The minimum Gasteiger partial charge on any atom is -0.549 e. The molecule has 2 heterocycles. The predicted molar refractivity (Wildman–Crippen MR) is 81.8 cm³/mol. The van der Waals surface area contributed by atoms with E-state index in [1.807, 2.05) is 0 Å². The fourth-order valence-corrected chi connectivity index (χ4v) is 4.77. The van der Waals surface area contributed by atoms with Gasteiger partial charge >= 0.3 is 0 Å². The molecule has 0 saturated carbocycles. The van der Waals surface area contributed by atoms with Crippen LogP contribution in [0.1, 0.15) is 30.7 Å². The summed E-state index contributed by atoms with van der Waals surface area (Å²) >= 11 is 2.56. The summed E-state index contributed by atoms with van der Waals surface area (Å²) in [5.41, 5.74) is 0.964. The Morgan fingerprint density at radius 1 is 1.57 bits per heavy atom. The van der Waals surface area contributed by atoms with Crippen LogP contribution >= 0.6 is 23.1 Å². The smallest absolute Gasteiger partial charge is 0.260 e. The molecule has 2 aromatic heterocycles. The van der Waals surface area contributed by atoms with Gasteiger partial charge in [0.25, 0.3) is 5.56 Å². The highest BCUT2D eigenvalue weighted by atomic mass is 32.2. The molecule has 3 rings (SSSR count). The average molecular weight is 323 g/mol. The third-order valence-electron chi connectivity index (χ3n) is 3.76. The van der Waals surface area contributed by atoms with Crippen LogP contribution in [0.3, 0.4) is 0 Å². The van der Waals surface area contributed by atoms with E-state index in [2.05, 4.69) is 16.9 Å². The zero-order valence-corrected chi connectivity index (χ0v) is 13.4. The maximum Gasteiger partial charge on any atom is 0.260 e. The molecule has 0 unspecified atom stereocenters. The zero-order valence-electron chi connectivity index (χ0n) is 11.8. The van der Waals surface area contributed by atoms with E-state index < -0.39 is 11.2 Å². The summed E-state index contributed by atoms with van der Waals surface area (Å²) in [5.74, 6) is -0.529. The minimum atomic E-state index is -1.16. The van der Waals surface area contributed by atoms with Crippen LogP contribution in [-0.4, -0.2) is 21.2 Å². The quantitative estimate of drug-likeness (QED) is 0.680. The molecule has 21 heavy (non-hydrogen) atoms. The van der Waals surface area contributed by atoms with Gasteiger partial charge in [0.1, 0.15) is 4.83 Å². The van der Waals surface area contributed by atoms with Crippen molar-refractivity contribution < 1.29 is 9.90 Å². The Bertz CT molecular complexity index is 765. The maximum atomic E-state index is 12.3. The molecule has 0 aliphatic heterocycles. The van der Waals surface area contributed by atoms with Gasteiger partial charge in [0.15, 0.2) is 5.16 Å². The Balaban J connectivity index is 2.05. The number of carboxylic acid groups (broad SMARTS) is 1. The number of nitrogens with zero attached hydrogens (tertiary/aromatic N) is 1. The number of aromatic nitrogens is 2. The highest BCUT2D eigenvalue weighted by Gasteiger charge is 2.23. The number of aryl methyl sites for hydroxylation is 1. The highest BCUT2D eigenvalue weighted by molar-refractivity contribution is 8.00. The second-order valence-electron chi connectivity index (χ2n) is 5.48. The van der Waals surface area contributed by atoms with Gasteiger partial charge in [0.05, 0.1) is 11.4 Å². The standard InChI is InChI=1S/C14H16N2O3S2/c1-6-3-4-8-9(5-6)21-12-10(8)11(17)15-14(16-12)20-7(2)13(18)19/h6-7H,3-5H2,1-2H3,(H,18,19)(H,15,16,17)/p-1/t6-,7-/m0/s1. The van der Waals surface area contributed by atoms with Gasteiger partial charge in [0.2, 0.25) is 0 Å². The third-order valence-corrected chi connectivity index (χ3v) is 5.87. The van der Waals surface area contributed by atoms with E-state index in [4.69, 9.17) is 0 Å². The number of nitrogens with one attached hydrogen (secondary N) is 1. The molecule has 5 nitrogen and oxygen atoms in total. The first-order chi connectivity index (χ1) is 9.95. The Labute approximate surface area is 129 Å². The largest absolute Gasteiger partial charge is 0.549 e. The van der Waals surface area contributed by atoms with E-state index in [0.29, 0.717) is 21.3 Å². The van der Waals surface area contributed by atoms with E-state index in [1.165, 1.54) is 11.8 Å². The number of aliphatic carboxylic acids is 1. The van der Waals surface area contributed by atoms with Gasteiger partial charge in [-0.2, -0.15) is 0 Å². The lowest BCUT2D eigenvalue weighted by atomic mass is 9.89. The van der Waals surface area contributed by atoms with E-state index in [-0.39, 0.29) is 5.56 Å². The number of aromatic amines is 1. The normalized spacial score (nSPS) is 19.4. The van der Waals surface area contributed by atoms with Crippen molar-refractivity contribution in [1.82, 2.24) is 9.97 Å². The number of rotatable bonds is 3. The molecule has 1 N–H and O–H groups in total. The van der Waals surface area contributed by atoms with Crippen LogP contribution in [0, 0.1) is 5.92 Å². The van der Waals surface area contributed by atoms with Crippen LogP contribution < -0.4 is 10.7 Å². The van der Waals surface area contributed by atoms with Crippen LogP contribution in [0.25, 0.3) is 10.2 Å². The summed E-state index contributed by atoms with van der Waals surface area (Å²) in [7, 11) is 0.